The molecule has 12 aromatic carbocycles. The maximum Gasteiger partial charge on any atom is 0.0754 e. The molecular formula is C74H48N2. The third-order valence-electron chi connectivity index (χ3n) is 17.1. The average molecular weight is 965 g/mol. The van der Waals surface area contributed by atoms with Gasteiger partial charge in [-0.15, -0.1) is 0 Å². The summed E-state index contributed by atoms with van der Waals surface area (Å²) in [5.74, 6) is 0. The zero-order valence-corrected chi connectivity index (χ0v) is 41.6. The van der Waals surface area contributed by atoms with Gasteiger partial charge in [0, 0.05) is 27.8 Å². The molecule has 2 heterocycles. The van der Waals surface area contributed by atoms with E-state index >= 15 is 0 Å². The quantitative estimate of drug-likeness (QED) is 0.155. The Bertz CT molecular complexity index is 4400. The molecule has 0 radical (unpaired) electrons. The van der Waals surface area contributed by atoms with E-state index in [-0.39, 0.29) is 0 Å². The molecule has 0 saturated carbocycles. The van der Waals surface area contributed by atoms with Crippen molar-refractivity contribution in [3.63, 3.8) is 0 Å². The minimum absolute atomic E-state index is 0.521. The van der Waals surface area contributed by atoms with Crippen molar-refractivity contribution in [1.29, 1.82) is 0 Å². The minimum Gasteiger partial charge on any atom is -0.310 e. The lowest BCUT2D eigenvalue weighted by molar-refractivity contribution is 0.748. The first-order valence-electron chi connectivity index (χ1n) is 26.5. The highest BCUT2D eigenvalue weighted by Crippen LogP contribution is 2.63. The Morgan fingerprint density at radius 2 is 0.763 bits per heavy atom. The number of hydrogen-bond acceptors (Lipinski definition) is 1. The average Bonchev–Trinajstić information content (AvgIpc) is 4.15. The fourth-order valence-electron chi connectivity index (χ4n) is 14.1. The van der Waals surface area contributed by atoms with Crippen molar-refractivity contribution in [1.82, 2.24) is 4.57 Å². The van der Waals surface area contributed by atoms with Crippen molar-refractivity contribution >= 4 is 38.9 Å². The lowest BCUT2D eigenvalue weighted by Crippen LogP contribution is -2.33. The van der Waals surface area contributed by atoms with Gasteiger partial charge in [-0.05, 0) is 138 Å². The molecule has 0 N–H and O–H groups in total. The second-order valence-electron chi connectivity index (χ2n) is 20.6. The van der Waals surface area contributed by atoms with Crippen LogP contribution in [0, 0.1) is 0 Å². The monoisotopic (exact) mass is 964 g/mol. The Hall–Kier alpha value is -9.76. The number of fused-ring (bicyclic) bond motifs is 15. The molecule has 16 rings (SSSR count). The summed E-state index contributed by atoms with van der Waals surface area (Å²) >= 11 is 0. The number of benzene rings is 12. The van der Waals surface area contributed by atoms with Crippen LogP contribution >= 0.6 is 0 Å². The van der Waals surface area contributed by atoms with Crippen LogP contribution < -0.4 is 4.90 Å². The van der Waals surface area contributed by atoms with Crippen molar-refractivity contribution in [2.75, 3.05) is 4.90 Å². The Morgan fingerprint density at radius 3 is 1.49 bits per heavy atom. The van der Waals surface area contributed by atoms with Crippen molar-refractivity contribution < 1.29 is 0 Å². The first kappa shape index (κ1) is 42.7. The van der Waals surface area contributed by atoms with Crippen LogP contribution in [0.1, 0.15) is 44.5 Å². The SMILES string of the molecule is c1ccc(-c2ccc(N(c3ccc(-c4cccc5c4-c4ccccc4C54c5ccccc5-n5c6ccccc6c6cccc4c65)cc3)c3ccc4c(c3)C(c3ccccc3)(c3ccccc3)c3ccccc3-4)cc2)cc1. The van der Waals surface area contributed by atoms with Crippen molar-refractivity contribution in [2.45, 2.75) is 10.8 Å². The van der Waals surface area contributed by atoms with E-state index in [0.717, 1.165) is 17.1 Å². The fraction of sp³-hybridized carbons (Fsp3) is 0.0270. The molecule has 2 nitrogen and oxygen atoms in total. The number of aromatic nitrogens is 1. The van der Waals surface area contributed by atoms with Crippen LogP contribution in [-0.4, -0.2) is 4.57 Å². The molecule has 13 aromatic rings. The lowest BCUT2D eigenvalue weighted by atomic mass is 9.65. The van der Waals surface area contributed by atoms with E-state index in [2.05, 4.69) is 301 Å². The third-order valence-corrected chi connectivity index (χ3v) is 17.1. The van der Waals surface area contributed by atoms with Gasteiger partial charge in [-0.25, -0.2) is 0 Å². The summed E-state index contributed by atoms with van der Waals surface area (Å²) in [5, 5.41) is 2.57. The molecule has 1 aliphatic heterocycles. The molecule has 0 saturated heterocycles. The topological polar surface area (TPSA) is 8.17 Å². The lowest BCUT2D eigenvalue weighted by Gasteiger charge is -2.39. The highest BCUT2D eigenvalue weighted by atomic mass is 15.1. The molecule has 1 atom stereocenters. The highest BCUT2D eigenvalue weighted by molar-refractivity contribution is 6.13. The van der Waals surface area contributed by atoms with Gasteiger partial charge in [0.15, 0.2) is 0 Å². The molecule has 1 aromatic heterocycles. The van der Waals surface area contributed by atoms with E-state index in [1.807, 2.05) is 0 Å². The molecular weight excluding hydrogens is 917 g/mol. The smallest absolute Gasteiger partial charge is 0.0754 e. The summed E-state index contributed by atoms with van der Waals surface area (Å²) < 4.78 is 2.52. The van der Waals surface area contributed by atoms with Crippen molar-refractivity contribution in [3.8, 4) is 50.2 Å². The van der Waals surface area contributed by atoms with Gasteiger partial charge in [0.2, 0.25) is 0 Å². The molecule has 3 aliphatic rings. The van der Waals surface area contributed by atoms with Gasteiger partial charge < -0.3 is 9.47 Å². The molecule has 0 fully saturated rings. The van der Waals surface area contributed by atoms with Crippen LogP contribution in [0.3, 0.4) is 0 Å². The summed E-state index contributed by atoms with van der Waals surface area (Å²) in [5.41, 5.74) is 26.3. The maximum atomic E-state index is 2.52. The molecule has 354 valence electrons. The zero-order valence-electron chi connectivity index (χ0n) is 41.6. The van der Waals surface area contributed by atoms with E-state index < -0.39 is 10.8 Å². The van der Waals surface area contributed by atoms with E-state index in [0.29, 0.717) is 0 Å². The van der Waals surface area contributed by atoms with Crippen molar-refractivity contribution in [2.24, 2.45) is 0 Å². The zero-order chi connectivity index (χ0) is 50.0. The Kier molecular flexibility index (Phi) is 9.20. The molecule has 1 spiro atoms. The van der Waals surface area contributed by atoms with Gasteiger partial charge in [0.05, 0.1) is 27.6 Å². The standard InChI is InChI=1S/C74H48N2/c1-4-20-49(21-5-1)50-38-42-54(43-39-50)75(56-46-47-59-58-26-10-13-31-63(58)73(68(59)48-56,52-22-6-2-7-23-52)53-24-8-3-9-25-53)55-44-40-51(41-45-55)57-29-18-34-66-71(57)62-28-11-14-32-64(62)74(66)65-33-15-17-37-70(65)76-69-36-16-12-27-60(69)61-30-19-35-67(74)72(61)76/h1-48H. The predicted molar refractivity (Wildman–Crippen MR) is 315 cm³/mol. The van der Waals surface area contributed by atoms with Gasteiger partial charge in [-0.2, -0.15) is 0 Å². The number of nitrogens with zero attached hydrogens (tertiary/aromatic N) is 2. The highest BCUT2D eigenvalue weighted by Gasteiger charge is 2.51. The number of hydrogen-bond donors (Lipinski definition) is 0. The summed E-state index contributed by atoms with van der Waals surface area (Å²) in [6.45, 7) is 0. The first-order chi connectivity index (χ1) is 37.7. The van der Waals surface area contributed by atoms with E-state index in [1.54, 1.807) is 0 Å². The van der Waals surface area contributed by atoms with Gasteiger partial charge in [-0.3, -0.25) is 0 Å². The molecule has 2 aliphatic carbocycles. The molecule has 0 amide bonds. The largest absolute Gasteiger partial charge is 0.310 e. The predicted octanol–water partition coefficient (Wildman–Crippen LogP) is 18.6. The van der Waals surface area contributed by atoms with Crippen LogP contribution in [0.25, 0.3) is 72.0 Å². The van der Waals surface area contributed by atoms with Crippen LogP contribution in [0.2, 0.25) is 0 Å². The van der Waals surface area contributed by atoms with Crippen LogP contribution in [0.4, 0.5) is 17.1 Å². The second-order valence-corrected chi connectivity index (χ2v) is 20.6. The first-order valence-corrected chi connectivity index (χ1v) is 26.5. The number of para-hydroxylation sites is 3. The minimum atomic E-state index is -0.528. The van der Waals surface area contributed by atoms with Gasteiger partial charge in [0.1, 0.15) is 0 Å². The van der Waals surface area contributed by atoms with Crippen LogP contribution in [-0.2, 0) is 10.8 Å². The molecule has 76 heavy (non-hydrogen) atoms. The summed E-state index contributed by atoms with van der Waals surface area (Å²) in [7, 11) is 0. The Labute approximate surface area is 442 Å². The number of anilines is 3. The second kappa shape index (κ2) is 16.4. The summed E-state index contributed by atoms with van der Waals surface area (Å²) in [6, 6.07) is 109. The molecule has 1 unspecified atom stereocenters. The fourth-order valence-corrected chi connectivity index (χ4v) is 14.1. The summed E-state index contributed by atoms with van der Waals surface area (Å²) in [6.07, 6.45) is 0. The van der Waals surface area contributed by atoms with E-state index in [4.69, 9.17) is 0 Å². The molecule has 0 bridgehead atoms. The van der Waals surface area contributed by atoms with E-state index in [9.17, 15) is 0 Å². The van der Waals surface area contributed by atoms with Crippen molar-refractivity contribution in [3.05, 3.63) is 336 Å². The van der Waals surface area contributed by atoms with Crippen LogP contribution in [0.15, 0.2) is 291 Å². The Balaban J connectivity index is 0.885. The van der Waals surface area contributed by atoms with Gasteiger partial charge >= 0.3 is 0 Å². The number of rotatable bonds is 7. The molecule has 2 heteroatoms. The van der Waals surface area contributed by atoms with Gasteiger partial charge in [-0.1, -0.05) is 243 Å². The van der Waals surface area contributed by atoms with Gasteiger partial charge in [0.25, 0.3) is 0 Å². The van der Waals surface area contributed by atoms with Crippen LogP contribution in [0.5, 0.6) is 0 Å². The third kappa shape index (κ3) is 5.76. The van der Waals surface area contributed by atoms with E-state index in [1.165, 1.54) is 117 Å². The normalized spacial score (nSPS) is 15.0. The summed E-state index contributed by atoms with van der Waals surface area (Å²) in [4.78, 5) is 2.45. The Morgan fingerprint density at radius 1 is 0.276 bits per heavy atom. The maximum absolute atomic E-state index is 2.52.